The number of rotatable bonds is 8. The van der Waals surface area contributed by atoms with Crippen LogP contribution in [0.5, 0.6) is 5.75 Å². The van der Waals surface area contributed by atoms with Crippen molar-refractivity contribution in [2.75, 3.05) is 18.2 Å². The van der Waals surface area contributed by atoms with E-state index in [1.807, 2.05) is 12.1 Å². The smallest absolute Gasteiger partial charge is 0.269 e. The molecule has 3 aromatic carbocycles. The fourth-order valence-corrected chi connectivity index (χ4v) is 3.37. The van der Waals surface area contributed by atoms with Crippen LogP contribution in [0, 0.1) is 10.1 Å². The number of hydrogen-bond donors (Lipinski definition) is 1. The first-order valence-electron chi connectivity index (χ1n) is 8.92. The Morgan fingerprint density at radius 2 is 1.53 bits per heavy atom. The number of nitro benzene ring substituents is 1. The predicted octanol–water partition coefficient (Wildman–Crippen LogP) is 4.83. The Hall–Kier alpha value is -3.65. The maximum Gasteiger partial charge on any atom is 0.269 e. The lowest BCUT2D eigenvalue weighted by atomic mass is 10.1. The highest BCUT2D eigenvalue weighted by molar-refractivity contribution is 8.00. The second-order valence-electron chi connectivity index (χ2n) is 6.22. The molecule has 0 aliphatic rings. The first kappa shape index (κ1) is 21.1. The van der Waals surface area contributed by atoms with Gasteiger partial charge in [-0.05, 0) is 60.7 Å². The molecule has 0 aliphatic carbocycles. The number of hydrogen-bond acceptors (Lipinski definition) is 6. The SMILES string of the molecule is COc1ccc(C(=O)CSc2ccc(NC(=O)c3ccc([N+](=O)[O-])cc3)cc2)cc1. The molecule has 0 heterocycles. The summed E-state index contributed by atoms with van der Waals surface area (Å²) in [7, 11) is 1.57. The molecule has 0 aromatic heterocycles. The Labute approximate surface area is 177 Å². The molecule has 0 fully saturated rings. The van der Waals surface area contributed by atoms with Crippen LogP contribution in [0.1, 0.15) is 20.7 Å². The van der Waals surface area contributed by atoms with Crippen molar-refractivity contribution in [1.29, 1.82) is 0 Å². The maximum absolute atomic E-state index is 12.3. The van der Waals surface area contributed by atoms with Gasteiger partial charge in [-0.2, -0.15) is 0 Å². The van der Waals surface area contributed by atoms with Crippen molar-refractivity contribution in [1.82, 2.24) is 0 Å². The number of nitrogens with one attached hydrogen (secondary N) is 1. The van der Waals surface area contributed by atoms with Gasteiger partial charge in [-0.1, -0.05) is 0 Å². The van der Waals surface area contributed by atoms with E-state index in [1.54, 1.807) is 43.5 Å². The Balaban J connectivity index is 1.54. The van der Waals surface area contributed by atoms with Crippen molar-refractivity contribution in [2.45, 2.75) is 4.90 Å². The molecule has 0 saturated heterocycles. The second-order valence-corrected chi connectivity index (χ2v) is 7.27. The van der Waals surface area contributed by atoms with E-state index in [4.69, 9.17) is 4.74 Å². The normalized spacial score (nSPS) is 10.3. The van der Waals surface area contributed by atoms with Crippen LogP contribution in [0.4, 0.5) is 11.4 Å². The molecular weight excluding hydrogens is 404 g/mol. The lowest BCUT2D eigenvalue weighted by molar-refractivity contribution is -0.384. The summed E-state index contributed by atoms with van der Waals surface area (Å²) in [6.07, 6.45) is 0. The van der Waals surface area contributed by atoms with Crippen LogP contribution in [0.15, 0.2) is 77.7 Å². The number of thioether (sulfide) groups is 1. The number of benzene rings is 3. The molecule has 8 heteroatoms. The highest BCUT2D eigenvalue weighted by atomic mass is 32.2. The van der Waals surface area contributed by atoms with Gasteiger partial charge in [0.2, 0.25) is 0 Å². The van der Waals surface area contributed by atoms with Gasteiger partial charge in [0.1, 0.15) is 5.75 Å². The number of amides is 1. The highest BCUT2D eigenvalue weighted by Crippen LogP contribution is 2.23. The van der Waals surface area contributed by atoms with Crippen LogP contribution in [-0.4, -0.2) is 29.5 Å². The first-order chi connectivity index (χ1) is 14.5. The van der Waals surface area contributed by atoms with E-state index in [0.717, 1.165) is 4.90 Å². The summed E-state index contributed by atoms with van der Waals surface area (Å²) >= 11 is 1.40. The molecule has 0 radical (unpaired) electrons. The van der Waals surface area contributed by atoms with E-state index in [0.29, 0.717) is 28.3 Å². The molecule has 0 saturated carbocycles. The van der Waals surface area contributed by atoms with Crippen molar-refractivity contribution < 1.29 is 19.2 Å². The summed E-state index contributed by atoms with van der Waals surface area (Å²) < 4.78 is 5.09. The minimum absolute atomic E-state index is 0.0122. The summed E-state index contributed by atoms with van der Waals surface area (Å²) in [4.78, 5) is 35.6. The molecule has 0 unspecified atom stereocenters. The lowest BCUT2D eigenvalue weighted by Crippen LogP contribution is -2.11. The van der Waals surface area contributed by atoms with Crippen LogP contribution in [0.2, 0.25) is 0 Å². The molecule has 152 valence electrons. The number of anilines is 1. The minimum Gasteiger partial charge on any atom is -0.497 e. The van der Waals surface area contributed by atoms with Gasteiger partial charge >= 0.3 is 0 Å². The lowest BCUT2D eigenvalue weighted by Gasteiger charge is -2.07. The average Bonchev–Trinajstić information content (AvgIpc) is 2.78. The summed E-state index contributed by atoms with van der Waals surface area (Å²) in [5, 5.41) is 13.4. The molecule has 3 rings (SSSR count). The van der Waals surface area contributed by atoms with Crippen LogP contribution in [0.3, 0.4) is 0 Å². The van der Waals surface area contributed by atoms with Crippen molar-refractivity contribution in [3.05, 3.63) is 94.0 Å². The van der Waals surface area contributed by atoms with Crippen molar-refractivity contribution in [3.63, 3.8) is 0 Å². The average molecular weight is 422 g/mol. The van der Waals surface area contributed by atoms with Gasteiger partial charge in [0.05, 0.1) is 17.8 Å². The Morgan fingerprint density at radius 3 is 2.10 bits per heavy atom. The molecule has 3 aromatic rings. The summed E-state index contributed by atoms with van der Waals surface area (Å²) in [5.41, 5.74) is 1.46. The van der Waals surface area contributed by atoms with Crippen molar-refractivity contribution in [3.8, 4) is 5.75 Å². The third kappa shape index (κ3) is 5.45. The van der Waals surface area contributed by atoms with E-state index in [9.17, 15) is 19.7 Å². The van der Waals surface area contributed by atoms with Gasteiger partial charge in [0.25, 0.3) is 11.6 Å². The molecule has 1 amide bonds. The Bertz CT molecular complexity index is 1050. The van der Waals surface area contributed by atoms with Crippen LogP contribution in [-0.2, 0) is 0 Å². The van der Waals surface area contributed by atoms with Crippen LogP contribution in [0.25, 0.3) is 0 Å². The molecule has 0 atom stereocenters. The summed E-state index contributed by atoms with van der Waals surface area (Å²) in [6, 6.07) is 19.5. The molecule has 30 heavy (non-hydrogen) atoms. The molecular formula is C22H18N2O5S. The third-order valence-corrected chi connectivity index (χ3v) is 5.25. The van der Waals surface area contributed by atoms with Gasteiger partial charge in [-0.3, -0.25) is 19.7 Å². The maximum atomic E-state index is 12.3. The molecule has 0 spiro atoms. The predicted molar refractivity (Wildman–Crippen MR) is 116 cm³/mol. The number of Topliss-reactive ketones (excluding diaryl/α,β-unsaturated/α-hetero) is 1. The summed E-state index contributed by atoms with van der Waals surface area (Å²) in [6.45, 7) is 0. The van der Waals surface area contributed by atoms with Gasteiger partial charge in [0.15, 0.2) is 5.78 Å². The zero-order chi connectivity index (χ0) is 21.5. The van der Waals surface area contributed by atoms with Gasteiger partial charge in [-0.15, -0.1) is 11.8 Å². The fourth-order valence-electron chi connectivity index (χ4n) is 2.58. The topological polar surface area (TPSA) is 98.5 Å². The van der Waals surface area contributed by atoms with E-state index < -0.39 is 4.92 Å². The highest BCUT2D eigenvalue weighted by Gasteiger charge is 2.10. The monoisotopic (exact) mass is 422 g/mol. The number of nitrogens with zero attached hydrogens (tertiary/aromatic N) is 1. The quantitative estimate of drug-likeness (QED) is 0.242. The third-order valence-electron chi connectivity index (χ3n) is 4.23. The van der Waals surface area contributed by atoms with E-state index in [2.05, 4.69) is 5.32 Å². The minimum atomic E-state index is -0.516. The second kappa shape index (κ2) is 9.71. The first-order valence-corrected chi connectivity index (χ1v) is 9.91. The number of nitro groups is 1. The molecule has 7 nitrogen and oxygen atoms in total. The number of methoxy groups -OCH3 is 1. The molecule has 0 aliphatic heterocycles. The van der Waals surface area contributed by atoms with Gasteiger partial charge in [0, 0.05) is 33.8 Å². The van der Waals surface area contributed by atoms with Crippen molar-refractivity contribution in [2.24, 2.45) is 0 Å². The largest absolute Gasteiger partial charge is 0.497 e. The standard InChI is InChI=1S/C22H18N2O5S/c1-29-19-10-4-15(5-11-19)21(25)14-30-20-12-6-17(7-13-20)23-22(26)16-2-8-18(9-3-16)24(27)28/h2-13H,14H2,1H3,(H,23,26). The number of carbonyl (C=O) groups excluding carboxylic acids is 2. The number of ketones is 1. The fraction of sp³-hybridized carbons (Fsp3) is 0.0909. The van der Waals surface area contributed by atoms with E-state index >= 15 is 0 Å². The molecule has 1 N–H and O–H groups in total. The number of ether oxygens (including phenoxy) is 1. The van der Waals surface area contributed by atoms with Crippen LogP contribution < -0.4 is 10.1 Å². The number of non-ortho nitro benzene ring substituents is 1. The Kier molecular flexibility index (Phi) is 6.82. The van der Waals surface area contributed by atoms with Crippen LogP contribution >= 0.6 is 11.8 Å². The van der Waals surface area contributed by atoms with Gasteiger partial charge < -0.3 is 10.1 Å². The molecule has 0 bridgehead atoms. The van der Waals surface area contributed by atoms with Gasteiger partial charge in [-0.25, -0.2) is 0 Å². The van der Waals surface area contributed by atoms with E-state index in [-0.39, 0.29) is 17.4 Å². The zero-order valence-electron chi connectivity index (χ0n) is 16.0. The summed E-state index contributed by atoms with van der Waals surface area (Å²) in [5.74, 6) is 0.643. The van der Waals surface area contributed by atoms with E-state index in [1.165, 1.54) is 36.0 Å². The Morgan fingerprint density at radius 1 is 0.933 bits per heavy atom. The van der Waals surface area contributed by atoms with Crippen molar-refractivity contribution >= 4 is 34.8 Å². The zero-order valence-corrected chi connectivity index (χ0v) is 16.8. The number of carbonyl (C=O) groups is 2.